The molecule has 1 aromatic carbocycles. The van der Waals surface area contributed by atoms with Gasteiger partial charge in [-0.3, -0.25) is 4.79 Å². The average Bonchev–Trinajstić information content (AvgIpc) is 2.68. The zero-order valence-corrected chi connectivity index (χ0v) is 7.90. The number of aromatic hydroxyl groups is 1. The summed E-state index contributed by atoms with van der Waals surface area (Å²) >= 11 is 0. The lowest BCUT2D eigenvalue weighted by molar-refractivity contribution is 0.0996. The summed E-state index contributed by atoms with van der Waals surface area (Å²) in [6, 6.07) is 10.1. The first-order valence-electron chi connectivity index (χ1n) is 4.45. The topological polar surface area (TPSA) is 79.1 Å². The smallest absolute Gasteiger partial charge is 0.265 e. The number of rotatable bonds is 2. The molecule has 0 atom stereocenters. The number of amides is 1. The SMILES string of the molecule is NC(=O)c1ccc(-c2ccc(O)cc2)[nH]1. The molecule has 0 spiro atoms. The van der Waals surface area contributed by atoms with E-state index in [0.29, 0.717) is 5.69 Å². The third-order valence-corrected chi connectivity index (χ3v) is 2.13. The normalized spacial score (nSPS) is 10.1. The van der Waals surface area contributed by atoms with Crippen LogP contribution in [0.1, 0.15) is 10.5 Å². The van der Waals surface area contributed by atoms with Crippen molar-refractivity contribution < 1.29 is 9.90 Å². The van der Waals surface area contributed by atoms with E-state index in [-0.39, 0.29) is 5.75 Å². The lowest BCUT2D eigenvalue weighted by Gasteiger charge is -1.97. The van der Waals surface area contributed by atoms with Crippen LogP contribution in [0.5, 0.6) is 5.75 Å². The fourth-order valence-corrected chi connectivity index (χ4v) is 1.35. The molecule has 4 nitrogen and oxygen atoms in total. The molecule has 0 fully saturated rings. The van der Waals surface area contributed by atoms with E-state index in [4.69, 9.17) is 10.8 Å². The predicted molar refractivity (Wildman–Crippen MR) is 56.4 cm³/mol. The Bertz CT molecular complexity index is 486. The highest BCUT2D eigenvalue weighted by molar-refractivity contribution is 5.91. The summed E-state index contributed by atoms with van der Waals surface area (Å²) in [7, 11) is 0. The molecule has 0 saturated carbocycles. The zero-order chi connectivity index (χ0) is 10.8. The highest BCUT2D eigenvalue weighted by Gasteiger charge is 2.05. The molecule has 0 bridgehead atoms. The van der Waals surface area contributed by atoms with E-state index in [1.807, 2.05) is 0 Å². The van der Waals surface area contributed by atoms with Gasteiger partial charge in [-0.25, -0.2) is 0 Å². The Morgan fingerprint density at radius 2 is 1.80 bits per heavy atom. The Morgan fingerprint density at radius 3 is 2.33 bits per heavy atom. The summed E-state index contributed by atoms with van der Waals surface area (Å²) in [6.45, 7) is 0. The summed E-state index contributed by atoms with van der Waals surface area (Å²) in [5, 5.41) is 9.11. The molecule has 0 aliphatic carbocycles. The predicted octanol–water partition coefficient (Wildman–Crippen LogP) is 1.49. The number of nitrogens with two attached hydrogens (primary N) is 1. The molecule has 4 N–H and O–H groups in total. The molecule has 0 unspecified atom stereocenters. The molecular formula is C11H10N2O2. The Morgan fingerprint density at radius 1 is 1.13 bits per heavy atom. The third kappa shape index (κ3) is 1.83. The van der Waals surface area contributed by atoms with Crippen LogP contribution in [0, 0.1) is 0 Å². The number of hydrogen-bond donors (Lipinski definition) is 3. The van der Waals surface area contributed by atoms with E-state index in [2.05, 4.69) is 4.98 Å². The number of carbonyl (C=O) groups is 1. The molecule has 2 rings (SSSR count). The van der Waals surface area contributed by atoms with Crippen LogP contribution in [-0.2, 0) is 0 Å². The summed E-state index contributed by atoms with van der Waals surface area (Å²) < 4.78 is 0. The van der Waals surface area contributed by atoms with Crippen LogP contribution >= 0.6 is 0 Å². The van der Waals surface area contributed by atoms with Crippen LogP contribution in [0.15, 0.2) is 36.4 Å². The van der Waals surface area contributed by atoms with Gasteiger partial charge in [0.2, 0.25) is 0 Å². The first-order chi connectivity index (χ1) is 7.16. The number of benzene rings is 1. The fourth-order valence-electron chi connectivity index (χ4n) is 1.35. The fraction of sp³-hybridized carbons (Fsp3) is 0. The largest absolute Gasteiger partial charge is 0.508 e. The van der Waals surface area contributed by atoms with Gasteiger partial charge in [0.25, 0.3) is 5.91 Å². The second kappa shape index (κ2) is 3.49. The second-order valence-electron chi connectivity index (χ2n) is 3.20. The van der Waals surface area contributed by atoms with Gasteiger partial charge in [0.15, 0.2) is 0 Å². The summed E-state index contributed by atoms with van der Waals surface area (Å²) in [4.78, 5) is 13.7. The number of primary amides is 1. The Hall–Kier alpha value is -2.23. The quantitative estimate of drug-likeness (QED) is 0.689. The monoisotopic (exact) mass is 202 g/mol. The van der Waals surface area contributed by atoms with Gasteiger partial charge in [-0.1, -0.05) is 0 Å². The molecule has 0 aliphatic heterocycles. The van der Waals surface area contributed by atoms with Crippen molar-refractivity contribution in [2.45, 2.75) is 0 Å². The molecule has 0 radical (unpaired) electrons. The van der Waals surface area contributed by atoms with Crippen molar-refractivity contribution in [2.75, 3.05) is 0 Å². The number of carbonyl (C=O) groups excluding carboxylic acids is 1. The van der Waals surface area contributed by atoms with Crippen molar-refractivity contribution in [2.24, 2.45) is 5.73 Å². The maximum Gasteiger partial charge on any atom is 0.265 e. The van der Waals surface area contributed by atoms with E-state index >= 15 is 0 Å². The Kier molecular flexibility index (Phi) is 2.17. The van der Waals surface area contributed by atoms with Crippen LogP contribution in [0.2, 0.25) is 0 Å². The Balaban J connectivity index is 2.37. The zero-order valence-electron chi connectivity index (χ0n) is 7.90. The second-order valence-corrected chi connectivity index (χ2v) is 3.20. The minimum absolute atomic E-state index is 0.209. The molecule has 76 valence electrons. The summed E-state index contributed by atoms with van der Waals surface area (Å²) in [5.74, 6) is -0.277. The van der Waals surface area contributed by atoms with Crippen molar-refractivity contribution >= 4 is 5.91 Å². The minimum Gasteiger partial charge on any atom is -0.508 e. The number of phenols is 1. The summed E-state index contributed by atoms with van der Waals surface area (Å²) in [6.07, 6.45) is 0. The van der Waals surface area contributed by atoms with E-state index in [1.54, 1.807) is 36.4 Å². The molecular weight excluding hydrogens is 192 g/mol. The standard InChI is InChI=1S/C11H10N2O2/c12-11(15)10-6-5-9(13-10)7-1-3-8(14)4-2-7/h1-6,13-14H,(H2,12,15). The molecule has 1 aromatic heterocycles. The van der Waals surface area contributed by atoms with Crippen molar-refractivity contribution in [1.29, 1.82) is 0 Å². The van der Waals surface area contributed by atoms with Crippen molar-refractivity contribution in [3.8, 4) is 17.0 Å². The van der Waals surface area contributed by atoms with Gasteiger partial charge >= 0.3 is 0 Å². The van der Waals surface area contributed by atoms with E-state index < -0.39 is 5.91 Å². The number of H-pyrrole nitrogens is 1. The number of phenolic OH excluding ortho intramolecular Hbond substituents is 1. The third-order valence-electron chi connectivity index (χ3n) is 2.13. The minimum atomic E-state index is -0.486. The van der Waals surface area contributed by atoms with Crippen LogP contribution in [0.25, 0.3) is 11.3 Å². The number of nitrogens with one attached hydrogen (secondary N) is 1. The van der Waals surface area contributed by atoms with E-state index in [9.17, 15) is 4.79 Å². The van der Waals surface area contributed by atoms with Gasteiger partial charge < -0.3 is 15.8 Å². The van der Waals surface area contributed by atoms with Crippen LogP contribution in [0.4, 0.5) is 0 Å². The summed E-state index contributed by atoms with van der Waals surface area (Å²) in [5.41, 5.74) is 7.18. The molecule has 1 heterocycles. The first kappa shape index (κ1) is 9.33. The number of aromatic amines is 1. The van der Waals surface area contributed by atoms with Gasteiger partial charge in [0.1, 0.15) is 11.4 Å². The highest BCUT2D eigenvalue weighted by Crippen LogP contribution is 2.20. The highest BCUT2D eigenvalue weighted by atomic mass is 16.3. The Labute approximate surface area is 86.4 Å². The number of aromatic nitrogens is 1. The van der Waals surface area contributed by atoms with Gasteiger partial charge in [0.05, 0.1) is 0 Å². The first-order valence-corrected chi connectivity index (χ1v) is 4.45. The molecule has 15 heavy (non-hydrogen) atoms. The van der Waals surface area contributed by atoms with Gasteiger partial charge in [-0.2, -0.15) is 0 Å². The van der Waals surface area contributed by atoms with Crippen molar-refractivity contribution in [1.82, 2.24) is 4.98 Å². The van der Waals surface area contributed by atoms with E-state index in [1.165, 1.54) is 0 Å². The van der Waals surface area contributed by atoms with Gasteiger partial charge in [-0.15, -0.1) is 0 Å². The van der Waals surface area contributed by atoms with Crippen LogP contribution < -0.4 is 5.73 Å². The van der Waals surface area contributed by atoms with E-state index in [0.717, 1.165) is 11.3 Å². The van der Waals surface area contributed by atoms with Gasteiger partial charge in [0, 0.05) is 5.69 Å². The maximum atomic E-state index is 10.9. The van der Waals surface area contributed by atoms with Crippen molar-refractivity contribution in [3.63, 3.8) is 0 Å². The maximum absolute atomic E-state index is 10.9. The lowest BCUT2D eigenvalue weighted by atomic mass is 10.1. The molecule has 4 heteroatoms. The molecule has 2 aromatic rings. The average molecular weight is 202 g/mol. The van der Waals surface area contributed by atoms with Crippen LogP contribution in [0.3, 0.4) is 0 Å². The molecule has 0 saturated heterocycles. The van der Waals surface area contributed by atoms with Crippen molar-refractivity contribution in [3.05, 3.63) is 42.1 Å². The molecule has 1 amide bonds. The van der Waals surface area contributed by atoms with Gasteiger partial charge in [-0.05, 0) is 42.0 Å². The molecule has 0 aliphatic rings. The van der Waals surface area contributed by atoms with Crippen LogP contribution in [-0.4, -0.2) is 16.0 Å². The number of hydrogen-bond acceptors (Lipinski definition) is 2. The lowest BCUT2D eigenvalue weighted by Crippen LogP contribution is -2.10.